The largest absolute Gasteiger partial charge is 0.489 e. The minimum Gasteiger partial charge on any atom is -0.489 e. The zero-order valence-electron chi connectivity index (χ0n) is 21.2. The first-order chi connectivity index (χ1) is 16.3. The van der Waals surface area contributed by atoms with Gasteiger partial charge in [0.05, 0.1) is 0 Å². The number of benzene rings is 3. The van der Waals surface area contributed by atoms with Crippen LogP contribution >= 0.6 is 24.8 Å². The summed E-state index contributed by atoms with van der Waals surface area (Å²) >= 11 is 0. The highest BCUT2D eigenvalue weighted by Gasteiger charge is 2.04. The molecule has 0 aliphatic rings. The van der Waals surface area contributed by atoms with E-state index in [9.17, 15) is 0 Å². The highest BCUT2D eigenvalue weighted by molar-refractivity contribution is 5.98. The molecule has 0 aliphatic carbocycles. The lowest BCUT2D eigenvalue weighted by Gasteiger charge is -2.11. The third kappa shape index (κ3) is 9.80. The molecule has 0 heterocycles. The molecule has 0 aromatic heterocycles. The number of aliphatic imine (C=N–C) groups is 2. The number of halogens is 2. The zero-order chi connectivity index (χ0) is 24.5. The summed E-state index contributed by atoms with van der Waals surface area (Å²) in [6.45, 7) is 8.93. The van der Waals surface area contributed by atoms with Gasteiger partial charge in [-0.1, -0.05) is 18.2 Å². The molecule has 3 aromatic carbocycles. The van der Waals surface area contributed by atoms with Crippen LogP contribution < -0.4 is 20.9 Å². The molecule has 0 spiro atoms. The summed E-state index contributed by atoms with van der Waals surface area (Å²) in [6.07, 6.45) is 0. The van der Waals surface area contributed by atoms with Gasteiger partial charge in [0.2, 0.25) is 0 Å². The molecule has 4 N–H and O–H groups in total. The van der Waals surface area contributed by atoms with Crippen molar-refractivity contribution in [1.29, 1.82) is 0 Å². The van der Waals surface area contributed by atoms with E-state index in [2.05, 4.69) is 16.1 Å². The van der Waals surface area contributed by atoms with Crippen LogP contribution in [0.3, 0.4) is 0 Å². The monoisotopic (exact) mass is 530 g/mol. The van der Waals surface area contributed by atoms with Crippen molar-refractivity contribution in [3.05, 3.63) is 95.1 Å². The Hall–Kier alpha value is -3.22. The molecule has 0 aliphatic heterocycles. The van der Waals surface area contributed by atoms with Crippen LogP contribution in [0.15, 0.2) is 82.8 Å². The molecule has 36 heavy (non-hydrogen) atoms. The number of nitrogens with zero attached hydrogens (tertiary/aromatic N) is 2. The molecule has 0 fully saturated rings. The fraction of sp³-hybridized carbons (Fsp3) is 0.286. The molecule has 0 saturated carbocycles. The van der Waals surface area contributed by atoms with E-state index >= 15 is 0 Å². The van der Waals surface area contributed by atoms with Gasteiger partial charge in [-0.05, 0) is 93.4 Å². The second-order valence-electron chi connectivity index (χ2n) is 8.66. The van der Waals surface area contributed by atoms with Gasteiger partial charge in [0.15, 0.2) is 0 Å². The number of amidine groups is 2. The highest BCUT2D eigenvalue weighted by atomic mass is 35.5. The lowest BCUT2D eigenvalue weighted by molar-refractivity contribution is 0.300. The van der Waals surface area contributed by atoms with Gasteiger partial charge in [-0.2, -0.15) is 0 Å². The fourth-order valence-corrected chi connectivity index (χ4v) is 3.29. The standard InChI is InChI=1S/C28H34N4O2.2ClH/c1-19(2)31-27(29)23-8-12-25(13-9-23)33-17-21-6-5-7-22(16-21)18-34-26-14-10-24(11-15-26)28(30)32-20(3)4;;/h5-16,19-20H,17-18H2,1-4H3,(H2,29,31)(H2,30,32);2*1H. The summed E-state index contributed by atoms with van der Waals surface area (Å²) in [7, 11) is 0. The van der Waals surface area contributed by atoms with Gasteiger partial charge in [0, 0.05) is 23.2 Å². The van der Waals surface area contributed by atoms with Crippen molar-refractivity contribution in [2.45, 2.75) is 53.0 Å². The minimum atomic E-state index is 0. The Morgan fingerprint density at radius 2 is 1.00 bits per heavy atom. The Bertz CT molecular complexity index is 1040. The average Bonchev–Trinajstić information content (AvgIpc) is 2.81. The van der Waals surface area contributed by atoms with Gasteiger partial charge in [-0.3, -0.25) is 9.98 Å². The minimum absolute atomic E-state index is 0. The lowest BCUT2D eigenvalue weighted by atomic mass is 10.1. The molecule has 6 nitrogen and oxygen atoms in total. The van der Waals surface area contributed by atoms with Crippen LogP contribution in [0.2, 0.25) is 0 Å². The number of ether oxygens (including phenoxy) is 2. The smallest absolute Gasteiger partial charge is 0.125 e. The molecular formula is C28H36Cl2N4O2. The van der Waals surface area contributed by atoms with E-state index in [4.69, 9.17) is 20.9 Å². The predicted molar refractivity (Wildman–Crippen MR) is 154 cm³/mol. The van der Waals surface area contributed by atoms with Crippen LogP contribution in [0.1, 0.15) is 49.9 Å². The quantitative estimate of drug-likeness (QED) is 0.251. The Morgan fingerprint density at radius 3 is 1.33 bits per heavy atom. The van der Waals surface area contributed by atoms with E-state index < -0.39 is 0 Å². The summed E-state index contributed by atoms with van der Waals surface area (Å²) in [5.74, 6) is 2.64. The SMILES string of the molecule is CC(C)N=C(N)c1ccc(OCc2cccc(COc3ccc(C(N)=NC(C)C)cc3)c2)cc1.Cl.Cl. The van der Waals surface area contributed by atoms with Gasteiger partial charge >= 0.3 is 0 Å². The highest BCUT2D eigenvalue weighted by Crippen LogP contribution is 2.17. The second-order valence-corrected chi connectivity index (χ2v) is 8.66. The van der Waals surface area contributed by atoms with Gasteiger partial charge in [0.1, 0.15) is 36.4 Å². The number of rotatable bonds is 10. The third-order valence-corrected chi connectivity index (χ3v) is 4.90. The number of nitrogens with two attached hydrogens (primary N) is 2. The van der Waals surface area contributed by atoms with Gasteiger partial charge < -0.3 is 20.9 Å². The van der Waals surface area contributed by atoms with E-state index in [0.717, 1.165) is 33.8 Å². The average molecular weight is 532 g/mol. The van der Waals surface area contributed by atoms with Crippen molar-refractivity contribution in [3.63, 3.8) is 0 Å². The normalized spacial score (nSPS) is 11.6. The number of hydrogen-bond acceptors (Lipinski definition) is 4. The van der Waals surface area contributed by atoms with E-state index in [1.54, 1.807) is 0 Å². The van der Waals surface area contributed by atoms with Crippen LogP contribution in [0.5, 0.6) is 11.5 Å². The molecule has 8 heteroatoms. The molecule has 0 saturated heterocycles. The van der Waals surface area contributed by atoms with E-state index in [-0.39, 0.29) is 36.9 Å². The van der Waals surface area contributed by atoms with Gasteiger partial charge in [0.25, 0.3) is 0 Å². The molecule has 194 valence electrons. The molecule has 0 atom stereocenters. The van der Waals surface area contributed by atoms with E-state index in [1.165, 1.54) is 0 Å². The summed E-state index contributed by atoms with van der Waals surface area (Å²) in [5, 5.41) is 0. The fourth-order valence-electron chi connectivity index (χ4n) is 3.29. The maximum atomic E-state index is 6.02. The van der Waals surface area contributed by atoms with E-state index in [0.29, 0.717) is 24.9 Å². The second kappa shape index (κ2) is 15.0. The van der Waals surface area contributed by atoms with Crippen molar-refractivity contribution in [2.75, 3.05) is 0 Å². The van der Waals surface area contributed by atoms with Crippen LogP contribution in [0.4, 0.5) is 0 Å². The summed E-state index contributed by atoms with van der Waals surface area (Å²) in [6, 6.07) is 23.8. The lowest BCUT2D eigenvalue weighted by Crippen LogP contribution is -2.15. The summed E-state index contributed by atoms with van der Waals surface area (Å²) < 4.78 is 11.9. The van der Waals surface area contributed by atoms with Crippen molar-refractivity contribution >= 4 is 36.5 Å². The zero-order valence-corrected chi connectivity index (χ0v) is 22.8. The molecule has 0 unspecified atom stereocenters. The first-order valence-electron chi connectivity index (χ1n) is 11.5. The first-order valence-corrected chi connectivity index (χ1v) is 11.5. The molecular weight excluding hydrogens is 495 g/mol. The Labute approximate surface area is 226 Å². The Balaban J connectivity index is 0.00000324. The molecule has 0 amide bonds. The topological polar surface area (TPSA) is 95.2 Å². The van der Waals surface area contributed by atoms with Gasteiger partial charge in [-0.25, -0.2) is 0 Å². The van der Waals surface area contributed by atoms with Crippen LogP contribution in [-0.4, -0.2) is 23.8 Å². The molecule has 0 radical (unpaired) electrons. The van der Waals surface area contributed by atoms with Gasteiger partial charge in [-0.15, -0.1) is 24.8 Å². The Kier molecular flexibility index (Phi) is 12.9. The van der Waals surface area contributed by atoms with Crippen LogP contribution in [0, 0.1) is 0 Å². The molecule has 3 aromatic rings. The van der Waals surface area contributed by atoms with E-state index in [1.807, 2.05) is 94.4 Å². The summed E-state index contributed by atoms with van der Waals surface area (Å²) in [5.41, 5.74) is 16.0. The van der Waals surface area contributed by atoms with Crippen molar-refractivity contribution < 1.29 is 9.47 Å². The predicted octanol–water partition coefficient (Wildman–Crippen LogP) is 5.92. The van der Waals surface area contributed by atoms with Crippen LogP contribution in [-0.2, 0) is 13.2 Å². The molecule has 0 bridgehead atoms. The number of hydrogen-bond donors (Lipinski definition) is 2. The van der Waals surface area contributed by atoms with Crippen molar-refractivity contribution in [3.8, 4) is 11.5 Å². The van der Waals surface area contributed by atoms with Crippen molar-refractivity contribution in [2.24, 2.45) is 21.5 Å². The molecule has 3 rings (SSSR count). The maximum absolute atomic E-state index is 6.02. The first kappa shape index (κ1) is 30.8. The maximum Gasteiger partial charge on any atom is 0.125 e. The van der Waals surface area contributed by atoms with Crippen molar-refractivity contribution in [1.82, 2.24) is 0 Å². The summed E-state index contributed by atoms with van der Waals surface area (Å²) in [4.78, 5) is 8.75. The third-order valence-electron chi connectivity index (χ3n) is 4.90. The van der Waals surface area contributed by atoms with Crippen LogP contribution in [0.25, 0.3) is 0 Å². The Morgan fingerprint density at radius 1 is 0.639 bits per heavy atom.